The number of aromatic nitrogens is 1. The van der Waals surface area contributed by atoms with E-state index in [0.717, 1.165) is 28.6 Å². The molecule has 0 amide bonds. The average molecular weight is 491 g/mol. The first-order valence-corrected chi connectivity index (χ1v) is 12.2. The Bertz CT molecular complexity index is 1280. The van der Waals surface area contributed by atoms with Crippen LogP contribution in [0, 0.1) is 19.7 Å². The first-order chi connectivity index (χ1) is 16.1. The number of furan rings is 1. The summed E-state index contributed by atoms with van der Waals surface area (Å²) in [6, 6.07) is 7.59. The van der Waals surface area contributed by atoms with E-state index in [1.807, 2.05) is 6.92 Å². The van der Waals surface area contributed by atoms with Crippen molar-refractivity contribution >= 4 is 21.8 Å². The molecule has 0 saturated heterocycles. The summed E-state index contributed by atoms with van der Waals surface area (Å²) in [6.07, 6.45) is 1.40. The Kier molecular flexibility index (Phi) is 7.73. The standard InChI is InChI=1S/C24H27FN2O6S/c1-5-27-17(4)22(16(3)23(27)24(29)32-6-2)21(28)15-26(14-19-8-7-13-33-19)34(30,31)20-11-9-18(25)10-12-20/h7-13H,5-6,14-15H2,1-4H3. The number of halogens is 1. The van der Waals surface area contributed by atoms with E-state index in [1.54, 1.807) is 37.5 Å². The largest absolute Gasteiger partial charge is 0.468 e. The van der Waals surface area contributed by atoms with E-state index in [9.17, 15) is 22.4 Å². The molecule has 2 heterocycles. The lowest BCUT2D eigenvalue weighted by Crippen LogP contribution is -2.35. The maximum atomic E-state index is 13.5. The van der Waals surface area contributed by atoms with Gasteiger partial charge in [-0.2, -0.15) is 4.31 Å². The van der Waals surface area contributed by atoms with Gasteiger partial charge in [-0.05, 0) is 69.7 Å². The molecule has 8 nitrogen and oxygen atoms in total. The topological polar surface area (TPSA) is 98.8 Å². The van der Waals surface area contributed by atoms with Gasteiger partial charge >= 0.3 is 5.97 Å². The molecule has 0 saturated carbocycles. The first kappa shape index (κ1) is 25.4. The molecule has 0 spiro atoms. The number of rotatable bonds is 10. The van der Waals surface area contributed by atoms with Crippen LogP contribution in [0.25, 0.3) is 0 Å². The summed E-state index contributed by atoms with van der Waals surface area (Å²) in [5.74, 6) is -1.27. The van der Waals surface area contributed by atoms with Gasteiger partial charge in [0.1, 0.15) is 17.3 Å². The molecule has 0 aliphatic heterocycles. The summed E-state index contributed by atoms with van der Waals surface area (Å²) in [5, 5.41) is 0. The Morgan fingerprint density at radius 1 is 1.12 bits per heavy atom. The molecule has 34 heavy (non-hydrogen) atoms. The fraction of sp³-hybridized carbons (Fsp3) is 0.333. The van der Waals surface area contributed by atoms with Crippen LogP contribution in [0.3, 0.4) is 0 Å². The lowest BCUT2D eigenvalue weighted by Gasteiger charge is -2.21. The monoisotopic (exact) mass is 490 g/mol. The van der Waals surface area contributed by atoms with E-state index < -0.39 is 34.1 Å². The van der Waals surface area contributed by atoms with Crippen LogP contribution in [0.2, 0.25) is 0 Å². The van der Waals surface area contributed by atoms with E-state index in [1.165, 1.54) is 6.26 Å². The summed E-state index contributed by atoms with van der Waals surface area (Å²) < 4.78 is 53.2. The van der Waals surface area contributed by atoms with E-state index in [4.69, 9.17) is 9.15 Å². The minimum atomic E-state index is -4.17. The Morgan fingerprint density at radius 3 is 2.35 bits per heavy atom. The third-order valence-corrected chi connectivity index (χ3v) is 7.32. The molecule has 3 rings (SSSR count). The summed E-state index contributed by atoms with van der Waals surface area (Å²) in [6.45, 7) is 6.79. The second-order valence-corrected chi connectivity index (χ2v) is 9.57. The lowest BCUT2D eigenvalue weighted by atomic mass is 10.1. The van der Waals surface area contributed by atoms with Crippen molar-refractivity contribution < 1.29 is 31.6 Å². The summed E-state index contributed by atoms with van der Waals surface area (Å²) in [4.78, 5) is 25.8. The number of Topliss-reactive ketones (excluding diaryl/α,β-unsaturated/α-hetero) is 1. The van der Waals surface area contributed by atoms with Crippen molar-refractivity contribution in [1.82, 2.24) is 8.87 Å². The SMILES string of the molecule is CCOC(=O)c1c(C)c(C(=O)CN(Cc2ccco2)S(=O)(=O)c2ccc(F)cc2)c(C)n1CC. The third-order valence-electron chi connectivity index (χ3n) is 5.51. The van der Waals surface area contributed by atoms with Gasteiger partial charge in [0, 0.05) is 17.8 Å². The number of esters is 1. The summed E-state index contributed by atoms with van der Waals surface area (Å²) in [7, 11) is -4.17. The van der Waals surface area contributed by atoms with Crippen LogP contribution in [-0.4, -0.2) is 42.2 Å². The van der Waals surface area contributed by atoms with Crippen LogP contribution in [-0.2, 0) is 27.8 Å². The van der Waals surface area contributed by atoms with Crippen molar-refractivity contribution in [2.75, 3.05) is 13.2 Å². The van der Waals surface area contributed by atoms with Crippen LogP contribution >= 0.6 is 0 Å². The van der Waals surface area contributed by atoms with Crippen molar-refractivity contribution in [3.05, 3.63) is 76.8 Å². The Labute approximate surface area is 198 Å². The predicted molar refractivity (Wildman–Crippen MR) is 123 cm³/mol. The van der Waals surface area contributed by atoms with Gasteiger partial charge < -0.3 is 13.7 Å². The van der Waals surface area contributed by atoms with E-state index >= 15 is 0 Å². The number of ketones is 1. The summed E-state index contributed by atoms with van der Waals surface area (Å²) >= 11 is 0. The molecular formula is C24H27FN2O6S. The molecule has 0 unspecified atom stereocenters. The fourth-order valence-corrected chi connectivity index (χ4v) is 5.32. The molecule has 2 aromatic heterocycles. The number of hydrogen-bond donors (Lipinski definition) is 0. The molecule has 0 aliphatic carbocycles. The highest BCUT2D eigenvalue weighted by atomic mass is 32.2. The number of hydrogen-bond acceptors (Lipinski definition) is 6. The van der Waals surface area contributed by atoms with Gasteiger partial charge in [-0.25, -0.2) is 17.6 Å². The number of sulfonamides is 1. The van der Waals surface area contributed by atoms with Crippen molar-refractivity contribution in [2.24, 2.45) is 0 Å². The summed E-state index contributed by atoms with van der Waals surface area (Å²) in [5.41, 5.74) is 1.51. The van der Waals surface area contributed by atoms with Gasteiger partial charge in [-0.1, -0.05) is 0 Å². The zero-order chi connectivity index (χ0) is 25.0. The number of nitrogens with zero attached hydrogens (tertiary/aromatic N) is 2. The second kappa shape index (κ2) is 10.4. The molecule has 1 aromatic carbocycles. The molecule has 10 heteroatoms. The minimum Gasteiger partial charge on any atom is -0.468 e. The molecule has 0 N–H and O–H groups in total. The van der Waals surface area contributed by atoms with Crippen molar-refractivity contribution in [3.8, 4) is 0 Å². The van der Waals surface area contributed by atoms with Crippen LogP contribution in [0.15, 0.2) is 52.0 Å². The van der Waals surface area contributed by atoms with Crippen molar-refractivity contribution in [3.63, 3.8) is 0 Å². The highest BCUT2D eigenvalue weighted by Crippen LogP contribution is 2.26. The smallest absolute Gasteiger partial charge is 0.355 e. The number of carbonyl (C=O) groups excluding carboxylic acids is 2. The number of carbonyl (C=O) groups is 2. The normalized spacial score (nSPS) is 11.7. The first-order valence-electron chi connectivity index (χ1n) is 10.8. The minimum absolute atomic E-state index is 0.153. The van der Waals surface area contributed by atoms with Gasteiger partial charge in [-0.3, -0.25) is 4.79 Å². The van der Waals surface area contributed by atoms with Gasteiger partial charge in [0.15, 0.2) is 5.78 Å². The van der Waals surface area contributed by atoms with E-state index in [-0.39, 0.29) is 29.3 Å². The predicted octanol–water partition coefficient (Wildman–Crippen LogP) is 4.11. The van der Waals surface area contributed by atoms with Crippen LogP contribution in [0.1, 0.15) is 51.7 Å². The maximum absolute atomic E-state index is 13.5. The Hall–Kier alpha value is -3.24. The molecular weight excluding hydrogens is 463 g/mol. The molecule has 0 atom stereocenters. The Balaban J connectivity index is 2.03. The zero-order valence-electron chi connectivity index (χ0n) is 19.5. The number of benzene rings is 1. The third kappa shape index (κ3) is 4.97. The highest BCUT2D eigenvalue weighted by Gasteiger charge is 2.32. The van der Waals surface area contributed by atoms with E-state index in [0.29, 0.717) is 23.6 Å². The van der Waals surface area contributed by atoms with Gasteiger partial charge in [0.2, 0.25) is 10.0 Å². The lowest BCUT2D eigenvalue weighted by molar-refractivity contribution is 0.0512. The van der Waals surface area contributed by atoms with Crippen molar-refractivity contribution in [2.45, 2.75) is 45.7 Å². The van der Waals surface area contributed by atoms with Gasteiger partial charge in [-0.15, -0.1) is 0 Å². The van der Waals surface area contributed by atoms with Crippen LogP contribution in [0.5, 0.6) is 0 Å². The fourth-order valence-electron chi connectivity index (χ4n) is 3.96. The second-order valence-electron chi connectivity index (χ2n) is 7.63. The number of ether oxygens (including phenoxy) is 1. The quantitative estimate of drug-likeness (QED) is 0.313. The van der Waals surface area contributed by atoms with Gasteiger partial charge in [0.05, 0.1) is 30.9 Å². The van der Waals surface area contributed by atoms with Crippen LogP contribution in [0.4, 0.5) is 4.39 Å². The molecule has 0 fully saturated rings. The molecule has 182 valence electrons. The van der Waals surface area contributed by atoms with Crippen LogP contribution < -0.4 is 0 Å². The molecule has 0 bridgehead atoms. The maximum Gasteiger partial charge on any atom is 0.355 e. The average Bonchev–Trinajstić information content (AvgIpc) is 3.38. The molecule has 0 radical (unpaired) electrons. The highest BCUT2D eigenvalue weighted by molar-refractivity contribution is 7.89. The van der Waals surface area contributed by atoms with E-state index in [2.05, 4.69) is 0 Å². The molecule has 0 aliphatic rings. The van der Waals surface area contributed by atoms with Crippen molar-refractivity contribution in [1.29, 1.82) is 0 Å². The zero-order valence-corrected chi connectivity index (χ0v) is 20.3. The Morgan fingerprint density at radius 2 is 1.79 bits per heavy atom. The molecule has 3 aromatic rings. The van der Waals surface area contributed by atoms with Gasteiger partial charge in [0.25, 0.3) is 0 Å².